The Kier molecular flexibility index (Phi) is 6.42. The van der Waals surface area contributed by atoms with Gasteiger partial charge in [0.2, 0.25) is 0 Å². The Morgan fingerprint density at radius 3 is 2.05 bits per heavy atom. The van der Waals surface area contributed by atoms with Gasteiger partial charge >= 0.3 is 14.2 Å². The molecule has 1 aromatic carbocycles. The van der Waals surface area contributed by atoms with E-state index in [9.17, 15) is 13.3 Å². The Bertz CT molecular complexity index is 412. The zero-order valence-electron chi connectivity index (χ0n) is 10.8. The lowest BCUT2D eigenvalue weighted by molar-refractivity contribution is -0.0498. The summed E-state index contributed by atoms with van der Waals surface area (Å²) >= 11 is 0. The van der Waals surface area contributed by atoms with Crippen LogP contribution in [0.4, 0.5) is 8.78 Å². The van der Waals surface area contributed by atoms with Gasteiger partial charge in [0, 0.05) is 0 Å². The second kappa shape index (κ2) is 7.58. The summed E-state index contributed by atoms with van der Waals surface area (Å²) in [4.78, 5) is 0. The molecule has 0 aliphatic rings. The highest BCUT2D eigenvalue weighted by Crippen LogP contribution is 2.51. The monoisotopic (exact) mass is 294 g/mol. The molecule has 7 heteroatoms. The number of alkyl halides is 2. The molecule has 1 rings (SSSR count). The van der Waals surface area contributed by atoms with Gasteiger partial charge in [-0.3, -0.25) is 4.57 Å². The standard InChI is InChI=1S/C12H17F2O4P/c1-3-16-19(15,17-4-2)9-10-5-7-11(8-6-10)18-12(13)14/h5-8,12H,3-4,9H2,1-2H3. The zero-order chi connectivity index (χ0) is 14.3. The van der Waals surface area contributed by atoms with Crippen LogP contribution in [0, 0.1) is 0 Å². The molecule has 0 aliphatic carbocycles. The summed E-state index contributed by atoms with van der Waals surface area (Å²) in [6.45, 7) is 1.16. The van der Waals surface area contributed by atoms with Crippen molar-refractivity contribution in [1.82, 2.24) is 0 Å². The van der Waals surface area contributed by atoms with Crippen molar-refractivity contribution < 1.29 is 27.1 Å². The maximum Gasteiger partial charge on any atom is 0.387 e. The highest BCUT2D eigenvalue weighted by atomic mass is 31.2. The molecule has 0 N–H and O–H groups in total. The second-order valence-electron chi connectivity index (χ2n) is 3.63. The third kappa shape index (κ3) is 5.68. The van der Waals surface area contributed by atoms with E-state index >= 15 is 0 Å². The predicted octanol–water partition coefficient (Wildman–Crippen LogP) is 4.05. The fourth-order valence-corrected chi connectivity index (χ4v) is 3.22. The fourth-order valence-electron chi connectivity index (χ4n) is 1.52. The lowest BCUT2D eigenvalue weighted by Gasteiger charge is -2.17. The van der Waals surface area contributed by atoms with Crippen molar-refractivity contribution in [2.45, 2.75) is 26.6 Å². The summed E-state index contributed by atoms with van der Waals surface area (Å²) in [7, 11) is -3.17. The van der Waals surface area contributed by atoms with E-state index < -0.39 is 14.2 Å². The van der Waals surface area contributed by atoms with Gasteiger partial charge in [0.1, 0.15) is 5.75 Å². The Morgan fingerprint density at radius 2 is 1.63 bits per heavy atom. The number of hydrogen-bond acceptors (Lipinski definition) is 4. The van der Waals surface area contributed by atoms with E-state index in [1.54, 1.807) is 26.0 Å². The summed E-state index contributed by atoms with van der Waals surface area (Å²) in [6.07, 6.45) is 0.101. The van der Waals surface area contributed by atoms with Gasteiger partial charge in [0.25, 0.3) is 0 Å². The molecule has 0 heterocycles. The predicted molar refractivity (Wildman–Crippen MR) is 67.6 cm³/mol. The van der Waals surface area contributed by atoms with Crippen LogP contribution >= 0.6 is 7.60 Å². The van der Waals surface area contributed by atoms with Gasteiger partial charge in [-0.05, 0) is 31.5 Å². The molecular formula is C12H17F2O4P. The van der Waals surface area contributed by atoms with Crippen LogP contribution in [0.5, 0.6) is 5.75 Å². The lowest BCUT2D eigenvalue weighted by atomic mass is 10.2. The highest BCUT2D eigenvalue weighted by molar-refractivity contribution is 7.53. The molecule has 0 saturated carbocycles. The van der Waals surface area contributed by atoms with Crippen molar-refractivity contribution in [2.75, 3.05) is 13.2 Å². The van der Waals surface area contributed by atoms with Crippen molar-refractivity contribution in [2.24, 2.45) is 0 Å². The molecular weight excluding hydrogens is 277 g/mol. The molecule has 19 heavy (non-hydrogen) atoms. The maximum absolute atomic E-state index is 12.2. The van der Waals surface area contributed by atoms with E-state index in [0.717, 1.165) is 0 Å². The minimum Gasteiger partial charge on any atom is -0.435 e. The molecule has 4 nitrogen and oxygen atoms in total. The highest BCUT2D eigenvalue weighted by Gasteiger charge is 2.23. The van der Waals surface area contributed by atoms with Gasteiger partial charge in [-0.25, -0.2) is 0 Å². The van der Waals surface area contributed by atoms with Crippen LogP contribution < -0.4 is 4.74 Å². The van der Waals surface area contributed by atoms with E-state index in [4.69, 9.17) is 9.05 Å². The Hall–Kier alpha value is -0.970. The first-order valence-electron chi connectivity index (χ1n) is 5.91. The van der Waals surface area contributed by atoms with Gasteiger partial charge in [0.15, 0.2) is 0 Å². The van der Waals surface area contributed by atoms with Crippen molar-refractivity contribution in [1.29, 1.82) is 0 Å². The summed E-state index contributed by atoms with van der Waals surface area (Å²) in [5.74, 6) is 0.0569. The van der Waals surface area contributed by atoms with Crippen molar-refractivity contribution >= 4 is 7.60 Å². The third-order valence-corrected chi connectivity index (χ3v) is 4.23. The van der Waals surface area contributed by atoms with Gasteiger partial charge in [-0.2, -0.15) is 8.78 Å². The number of benzene rings is 1. The quantitative estimate of drug-likeness (QED) is 0.678. The normalized spacial score (nSPS) is 11.8. The number of hydrogen-bond donors (Lipinski definition) is 0. The van der Waals surface area contributed by atoms with Gasteiger partial charge in [0.05, 0.1) is 19.4 Å². The molecule has 0 atom stereocenters. The summed E-state index contributed by atoms with van der Waals surface area (Å²) in [6, 6.07) is 5.90. The zero-order valence-corrected chi connectivity index (χ0v) is 11.7. The minimum atomic E-state index is -3.17. The average Bonchev–Trinajstić information content (AvgIpc) is 2.31. The van der Waals surface area contributed by atoms with Crippen molar-refractivity contribution in [3.8, 4) is 5.75 Å². The van der Waals surface area contributed by atoms with E-state index in [2.05, 4.69) is 4.74 Å². The first-order valence-corrected chi connectivity index (χ1v) is 7.63. The van der Waals surface area contributed by atoms with E-state index in [1.165, 1.54) is 12.1 Å². The number of rotatable bonds is 8. The Morgan fingerprint density at radius 1 is 1.11 bits per heavy atom. The van der Waals surface area contributed by atoms with E-state index in [-0.39, 0.29) is 25.1 Å². The largest absolute Gasteiger partial charge is 0.435 e. The van der Waals surface area contributed by atoms with E-state index in [0.29, 0.717) is 5.56 Å². The number of ether oxygens (including phenoxy) is 1. The summed E-state index contributed by atoms with van der Waals surface area (Å²) < 4.78 is 50.8. The van der Waals surface area contributed by atoms with Crippen LogP contribution in [-0.2, 0) is 19.8 Å². The van der Waals surface area contributed by atoms with Gasteiger partial charge in [-0.1, -0.05) is 12.1 Å². The molecule has 0 amide bonds. The Balaban J connectivity index is 2.72. The molecule has 0 bridgehead atoms. The smallest absolute Gasteiger partial charge is 0.387 e. The average molecular weight is 294 g/mol. The van der Waals surface area contributed by atoms with Crippen LogP contribution in [0.25, 0.3) is 0 Å². The van der Waals surface area contributed by atoms with Crippen LogP contribution in [0.2, 0.25) is 0 Å². The molecule has 0 spiro atoms. The molecule has 0 radical (unpaired) electrons. The second-order valence-corrected chi connectivity index (χ2v) is 5.68. The first kappa shape index (κ1) is 16.1. The summed E-state index contributed by atoms with van der Waals surface area (Å²) in [5.41, 5.74) is 0.673. The SMILES string of the molecule is CCOP(=O)(Cc1ccc(OC(F)F)cc1)OCC. The van der Waals surface area contributed by atoms with Crippen LogP contribution in [0.1, 0.15) is 19.4 Å². The van der Waals surface area contributed by atoms with Crippen molar-refractivity contribution in [3.05, 3.63) is 29.8 Å². The van der Waals surface area contributed by atoms with Crippen LogP contribution in [-0.4, -0.2) is 19.8 Å². The summed E-state index contributed by atoms with van der Waals surface area (Å²) in [5, 5.41) is 0. The van der Waals surface area contributed by atoms with Crippen LogP contribution in [0.3, 0.4) is 0 Å². The molecule has 0 fully saturated rings. The fraction of sp³-hybridized carbons (Fsp3) is 0.500. The van der Waals surface area contributed by atoms with E-state index in [1.807, 2.05) is 0 Å². The molecule has 0 aromatic heterocycles. The van der Waals surface area contributed by atoms with Gasteiger partial charge in [-0.15, -0.1) is 0 Å². The van der Waals surface area contributed by atoms with Crippen LogP contribution in [0.15, 0.2) is 24.3 Å². The molecule has 1 aromatic rings. The molecule has 0 aliphatic heterocycles. The lowest BCUT2D eigenvalue weighted by Crippen LogP contribution is -2.02. The van der Waals surface area contributed by atoms with Gasteiger partial charge < -0.3 is 13.8 Å². The molecule has 0 unspecified atom stereocenters. The molecule has 108 valence electrons. The third-order valence-electron chi connectivity index (χ3n) is 2.18. The maximum atomic E-state index is 12.2. The first-order chi connectivity index (χ1) is 8.99. The van der Waals surface area contributed by atoms with Crippen molar-refractivity contribution in [3.63, 3.8) is 0 Å². The number of halogens is 2. The molecule has 0 saturated heterocycles. The Labute approximate surface area is 111 Å². The minimum absolute atomic E-state index is 0.0569. The topological polar surface area (TPSA) is 44.8 Å².